The smallest absolute Gasteiger partial charge is 0.338 e. The molecule has 1 saturated heterocycles. The van der Waals surface area contributed by atoms with E-state index in [0.29, 0.717) is 6.61 Å². The lowest BCUT2D eigenvalue weighted by Gasteiger charge is -2.22. The summed E-state index contributed by atoms with van der Waals surface area (Å²) in [5, 5.41) is 2.88. The molecule has 1 aliphatic carbocycles. The van der Waals surface area contributed by atoms with Crippen molar-refractivity contribution in [2.75, 3.05) is 19.8 Å². The van der Waals surface area contributed by atoms with Gasteiger partial charge < -0.3 is 14.8 Å². The van der Waals surface area contributed by atoms with E-state index in [2.05, 4.69) is 10.0 Å². The predicted molar refractivity (Wildman–Crippen MR) is 106 cm³/mol. The number of esters is 1. The molecule has 0 spiro atoms. The van der Waals surface area contributed by atoms with E-state index in [1.165, 1.54) is 30.7 Å². The van der Waals surface area contributed by atoms with E-state index >= 15 is 0 Å². The van der Waals surface area contributed by atoms with Crippen molar-refractivity contribution >= 4 is 21.9 Å². The first kappa shape index (κ1) is 21.7. The van der Waals surface area contributed by atoms with Crippen LogP contribution >= 0.6 is 0 Å². The minimum Gasteiger partial charge on any atom is -0.452 e. The number of rotatable bonds is 8. The second-order valence-corrected chi connectivity index (χ2v) is 9.26. The molecule has 1 saturated carbocycles. The van der Waals surface area contributed by atoms with Gasteiger partial charge in [0.25, 0.3) is 5.91 Å². The van der Waals surface area contributed by atoms with Gasteiger partial charge in [0.05, 0.1) is 16.6 Å². The Morgan fingerprint density at radius 2 is 1.76 bits per heavy atom. The van der Waals surface area contributed by atoms with Gasteiger partial charge in [0.2, 0.25) is 10.0 Å². The Bertz CT molecular complexity index is 797. The number of nitrogens with one attached hydrogen (secondary N) is 2. The fraction of sp³-hybridized carbons (Fsp3) is 0.600. The SMILES string of the molecule is O=C(COC(=O)c1ccc(S(=O)(=O)NC[C@@H]2CCCO2)cc1)NC1CCCCC1. The van der Waals surface area contributed by atoms with Crippen molar-refractivity contribution in [1.82, 2.24) is 10.0 Å². The zero-order chi connectivity index (χ0) is 20.7. The molecule has 0 bridgehead atoms. The first-order valence-corrected chi connectivity index (χ1v) is 11.6. The van der Waals surface area contributed by atoms with Crippen LogP contribution in [0.5, 0.6) is 0 Å². The van der Waals surface area contributed by atoms with Crippen LogP contribution in [0, 0.1) is 0 Å². The first-order chi connectivity index (χ1) is 13.9. The number of carbonyl (C=O) groups excluding carboxylic acids is 2. The summed E-state index contributed by atoms with van der Waals surface area (Å²) >= 11 is 0. The topological polar surface area (TPSA) is 111 Å². The predicted octanol–water partition coefficient (Wildman–Crippen LogP) is 1.75. The first-order valence-electron chi connectivity index (χ1n) is 10.1. The van der Waals surface area contributed by atoms with Gasteiger partial charge in [-0.15, -0.1) is 0 Å². The van der Waals surface area contributed by atoms with E-state index in [9.17, 15) is 18.0 Å². The summed E-state index contributed by atoms with van der Waals surface area (Å²) in [5.41, 5.74) is 0.188. The summed E-state index contributed by atoms with van der Waals surface area (Å²) in [6.07, 6.45) is 6.97. The van der Waals surface area contributed by atoms with Crippen LogP contribution in [0.3, 0.4) is 0 Å². The van der Waals surface area contributed by atoms with Crippen molar-refractivity contribution in [3.63, 3.8) is 0 Å². The Hall–Kier alpha value is -1.97. The average Bonchev–Trinajstić information content (AvgIpc) is 3.25. The van der Waals surface area contributed by atoms with Crippen LogP contribution in [0.25, 0.3) is 0 Å². The molecule has 0 aromatic heterocycles. The van der Waals surface area contributed by atoms with Gasteiger partial charge in [-0.1, -0.05) is 19.3 Å². The maximum absolute atomic E-state index is 12.3. The van der Waals surface area contributed by atoms with E-state index in [0.717, 1.165) is 38.5 Å². The molecular weight excluding hydrogens is 396 g/mol. The van der Waals surface area contributed by atoms with Gasteiger partial charge in [-0.3, -0.25) is 4.79 Å². The monoisotopic (exact) mass is 424 g/mol. The fourth-order valence-corrected chi connectivity index (χ4v) is 4.66. The molecule has 3 rings (SSSR count). The van der Waals surface area contributed by atoms with Crippen LogP contribution in [0.4, 0.5) is 0 Å². The second kappa shape index (κ2) is 10.2. The van der Waals surface area contributed by atoms with Crippen LogP contribution in [-0.2, 0) is 24.3 Å². The molecule has 2 fully saturated rings. The maximum Gasteiger partial charge on any atom is 0.338 e. The molecule has 1 aliphatic heterocycles. The Kier molecular flexibility index (Phi) is 7.63. The summed E-state index contributed by atoms with van der Waals surface area (Å²) in [6.45, 7) is 0.530. The molecule has 1 aromatic carbocycles. The number of sulfonamides is 1. The molecule has 9 heteroatoms. The highest BCUT2D eigenvalue weighted by Gasteiger charge is 2.21. The molecule has 2 aliphatic rings. The van der Waals surface area contributed by atoms with E-state index < -0.39 is 16.0 Å². The Balaban J connectivity index is 1.46. The van der Waals surface area contributed by atoms with Gasteiger partial charge in [-0.2, -0.15) is 0 Å². The summed E-state index contributed by atoms with van der Waals surface area (Å²) in [7, 11) is -3.68. The quantitative estimate of drug-likeness (QED) is 0.615. The number of hydrogen-bond acceptors (Lipinski definition) is 6. The van der Waals surface area contributed by atoms with Gasteiger partial charge in [0.1, 0.15) is 0 Å². The highest BCUT2D eigenvalue weighted by molar-refractivity contribution is 7.89. The van der Waals surface area contributed by atoms with Gasteiger partial charge in [0, 0.05) is 19.2 Å². The van der Waals surface area contributed by atoms with Crippen LogP contribution in [0.15, 0.2) is 29.2 Å². The minimum absolute atomic E-state index is 0.0575. The molecule has 160 valence electrons. The van der Waals surface area contributed by atoms with Gasteiger partial charge >= 0.3 is 5.97 Å². The minimum atomic E-state index is -3.68. The second-order valence-electron chi connectivity index (χ2n) is 7.49. The molecule has 1 aromatic rings. The standard InChI is InChI=1S/C20H28N2O6S/c23-19(22-16-5-2-1-3-6-16)14-28-20(24)15-8-10-18(11-9-15)29(25,26)21-13-17-7-4-12-27-17/h8-11,16-17,21H,1-7,12-14H2,(H,22,23)/t17-/m0/s1. The van der Waals surface area contributed by atoms with Crippen molar-refractivity contribution in [3.05, 3.63) is 29.8 Å². The summed E-state index contributed by atoms with van der Waals surface area (Å²) in [6, 6.07) is 5.60. The molecule has 1 amide bonds. The molecule has 1 atom stereocenters. The summed E-state index contributed by atoms with van der Waals surface area (Å²) in [4.78, 5) is 24.1. The van der Waals surface area contributed by atoms with E-state index in [-0.39, 0.29) is 41.7 Å². The normalized spacial score (nSPS) is 20.3. The van der Waals surface area contributed by atoms with Crippen LogP contribution in [0.1, 0.15) is 55.3 Å². The van der Waals surface area contributed by atoms with Crippen molar-refractivity contribution in [3.8, 4) is 0 Å². The van der Waals surface area contributed by atoms with Crippen molar-refractivity contribution in [2.45, 2.75) is 62.0 Å². The van der Waals surface area contributed by atoms with E-state index in [1.807, 2.05) is 0 Å². The summed E-state index contributed by atoms with van der Waals surface area (Å²) in [5.74, 6) is -0.983. The number of hydrogen-bond donors (Lipinski definition) is 2. The summed E-state index contributed by atoms with van der Waals surface area (Å²) < 4.78 is 37.6. The number of amides is 1. The maximum atomic E-state index is 12.3. The zero-order valence-electron chi connectivity index (χ0n) is 16.4. The lowest BCUT2D eigenvalue weighted by atomic mass is 9.95. The molecule has 8 nitrogen and oxygen atoms in total. The number of benzene rings is 1. The molecular formula is C20H28N2O6S. The lowest BCUT2D eigenvalue weighted by Crippen LogP contribution is -2.38. The van der Waals surface area contributed by atoms with E-state index in [1.54, 1.807) is 0 Å². The molecule has 2 N–H and O–H groups in total. The molecule has 1 heterocycles. The third kappa shape index (κ3) is 6.52. The van der Waals surface area contributed by atoms with Gasteiger partial charge in [-0.05, 0) is 49.9 Å². The third-order valence-corrected chi connectivity index (χ3v) is 6.67. The van der Waals surface area contributed by atoms with Gasteiger partial charge in [0.15, 0.2) is 6.61 Å². The number of carbonyl (C=O) groups is 2. The Morgan fingerprint density at radius 1 is 1.03 bits per heavy atom. The zero-order valence-corrected chi connectivity index (χ0v) is 17.2. The largest absolute Gasteiger partial charge is 0.452 e. The highest BCUT2D eigenvalue weighted by atomic mass is 32.2. The molecule has 29 heavy (non-hydrogen) atoms. The van der Waals surface area contributed by atoms with Crippen molar-refractivity contribution in [1.29, 1.82) is 0 Å². The molecule has 0 unspecified atom stereocenters. The van der Waals surface area contributed by atoms with Gasteiger partial charge in [-0.25, -0.2) is 17.9 Å². The molecule has 0 radical (unpaired) electrons. The fourth-order valence-electron chi connectivity index (χ4n) is 3.59. The van der Waals surface area contributed by atoms with E-state index in [4.69, 9.17) is 9.47 Å². The Morgan fingerprint density at radius 3 is 2.41 bits per heavy atom. The number of ether oxygens (including phenoxy) is 2. The Labute approximate surface area is 171 Å². The average molecular weight is 425 g/mol. The lowest BCUT2D eigenvalue weighted by molar-refractivity contribution is -0.125. The van der Waals surface area contributed by atoms with Crippen LogP contribution in [-0.4, -0.2) is 52.2 Å². The third-order valence-electron chi connectivity index (χ3n) is 5.23. The van der Waals surface area contributed by atoms with Crippen molar-refractivity contribution < 1.29 is 27.5 Å². The van der Waals surface area contributed by atoms with Crippen LogP contribution in [0.2, 0.25) is 0 Å². The van der Waals surface area contributed by atoms with Crippen molar-refractivity contribution in [2.24, 2.45) is 0 Å². The highest BCUT2D eigenvalue weighted by Crippen LogP contribution is 2.17. The van der Waals surface area contributed by atoms with Crippen LogP contribution < -0.4 is 10.0 Å².